The molecule has 1 unspecified atom stereocenters. The van der Waals surface area contributed by atoms with E-state index in [1.807, 2.05) is 48.5 Å². The van der Waals surface area contributed by atoms with E-state index in [9.17, 15) is 9.59 Å². The van der Waals surface area contributed by atoms with Crippen molar-refractivity contribution >= 4 is 11.9 Å². The molecular formula is C16H30O4. The highest BCUT2D eigenvalue weighted by molar-refractivity contribution is 5.72. The second kappa shape index (κ2) is 7.65. The second-order valence-corrected chi connectivity index (χ2v) is 7.27. The van der Waals surface area contributed by atoms with Crippen LogP contribution in [0.1, 0.15) is 74.1 Å². The maximum Gasteiger partial charge on any atom is 0.309 e. The summed E-state index contributed by atoms with van der Waals surface area (Å²) >= 11 is 0. The Morgan fingerprint density at radius 2 is 1.40 bits per heavy atom. The van der Waals surface area contributed by atoms with Gasteiger partial charge in [-0.15, -0.1) is 0 Å². The normalized spacial score (nSPS) is 13.8. The molecule has 1 atom stereocenters. The van der Waals surface area contributed by atoms with Crippen LogP contribution in [0.25, 0.3) is 0 Å². The summed E-state index contributed by atoms with van der Waals surface area (Å²) in [5, 5.41) is 0. The van der Waals surface area contributed by atoms with E-state index in [4.69, 9.17) is 9.47 Å². The van der Waals surface area contributed by atoms with Crippen LogP contribution in [0.4, 0.5) is 0 Å². The second-order valence-electron chi connectivity index (χ2n) is 7.27. The van der Waals surface area contributed by atoms with E-state index in [0.717, 1.165) is 19.3 Å². The van der Waals surface area contributed by atoms with Gasteiger partial charge in [-0.2, -0.15) is 0 Å². The Morgan fingerprint density at radius 3 is 1.85 bits per heavy atom. The van der Waals surface area contributed by atoms with Crippen LogP contribution >= 0.6 is 0 Å². The zero-order valence-electron chi connectivity index (χ0n) is 14.0. The minimum Gasteiger partial charge on any atom is -0.460 e. The fourth-order valence-corrected chi connectivity index (χ4v) is 1.63. The van der Waals surface area contributed by atoms with E-state index in [-0.39, 0.29) is 17.9 Å². The first-order valence-electron chi connectivity index (χ1n) is 7.35. The zero-order chi connectivity index (χ0) is 16.0. The summed E-state index contributed by atoms with van der Waals surface area (Å²) in [6, 6.07) is 0. The van der Waals surface area contributed by atoms with Gasteiger partial charge >= 0.3 is 11.9 Å². The smallest absolute Gasteiger partial charge is 0.309 e. The highest BCUT2D eigenvalue weighted by Gasteiger charge is 2.21. The maximum atomic E-state index is 11.8. The third-order valence-corrected chi connectivity index (χ3v) is 2.50. The Morgan fingerprint density at radius 1 is 0.900 bits per heavy atom. The van der Waals surface area contributed by atoms with Gasteiger partial charge in [0.25, 0.3) is 0 Å². The molecule has 0 rings (SSSR count). The predicted octanol–water partition coefficient (Wildman–Crippen LogP) is 3.87. The SMILES string of the molecule is CC(CCCCC(=O)OC(C)(C)C)C(=O)OC(C)(C)C. The molecule has 0 saturated heterocycles. The topological polar surface area (TPSA) is 52.6 Å². The van der Waals surface area contributed by atoms with Crippen LogP contribution in [0, 0.1) is 5.92 Å². The third kappa shape index (κ3) is 10.8. The van der Waals surface area contributed by atoms with Crippen molar-refractivity contribution in [3.05, 3.63) is 0 Å². The highest BCUT2D eigenvalue weighted by Crippen LogP contribution is 2.17. The predicted molar refractivity (Wildman–Crippen MR) is 79.3 cm³/mol. The molecule has 0 bridgehead atoms. The molecule has 118 valence electrons. The number of rotatable bonds is 6. The van der Waals surface area contributed by atoms with Gasteiger partial charge in [-0.05, 0) is 54.4 Å². The van der Waals surface area contributed by atoms with Gasteiger partial charge in [-0.3, -0.25) is 9.59 Å². The molecule has 4 heteroatoms. The summed E-state index contributed by atoms with van der Waals surface area (Å²) < 4.78 is 10.5. The fourth-order valence-electron chi connectivity index (χ4n) is 1.63. The molecule has 0 heterocycles. The van der Waals surface area contributed by atoms with Crippen molar-refractivity contribution in [1.82, 2.24) is 0 Å². The van der Waals surface area contributed by atoms with Crippen LogP contribution in [0.5, 0.6) is 0 Å². The first-order chi connectivity index (χ1) is 8.91. The van der Waals surface area contributed by atoms with Crippen molar-refractivity contribution in [1.29, 1.82) is 0 Å². The van der Waals surface area contributed by atoms with E-state index >= 15 is 0 Å². The number of hydrogen-bond acceptors (Lipinski definition) is 4. The lowest BCUT2D eigenvalue weighted by Crippen LogP contribution is -2.27. The van der Waals surface area contributed by atoms with E-state index in [0.29, 0.717) is 6.42 Å². The van der Waals surface area contributed by atoms with Gasteiger partial charge in [0, 0.05) is 6.42 Å². The number of ether oxygens (including phenoxy) is 2. The van der Waals surface area contributed by atoms with Crippen LogP contribution in [-0.4, -0.2) is 23.1 Å². The number of carbonyl (C=O) groups is 2. The molecule has 0 N–H and O–H groups in total. The Kier molecular flexibility index (Phi) is 7.25. The Labute approximate surface area is 123 Å². The first-order valence-corrected chi connectivity index (χ1v) is 7.35. The number of esters is 2. The largest absolute Gasteiger partial charge is 0.460 e. The highest BCUT2D eigenvalue weighted by atomic mass is 16.6. The van der Waals surface area contributed by atoms with Crippen molar-refractivity contribution in [2.45, 2.75) is 85.4 Å². The van der Waals surface area contributed by atoms with Gasteiger partial charge in [-0.25, -0.2) is 0 Å². The van der Waals surface area contributed by atoms with Crippen LogP contribution in [0.2, 0.25) is 0 Å². The minimum absolute atomic E-state index is 0.132. The zero-order valence-corrected chi connectivity index (χ0v) is 14.0. The molecule has 0 aromatic rings. The van der Waals surface area contributed by atoms with Crippen LogP contribution in [0.15, 0.2) is 0 Å². The molecule has 0 aliphatic carbocycles. The summed E-state index contributed by atoms with van der Waals surface area (Å²) in [6.45, 7) is 13.0. The molecule has 0 fully saturated rings. The standard InChI is InChI=1S/C16H30O4/c1-12(14(18)20-16(5,6)7)10-8-9-11-13(17)19-15(2,3)4/h12H,8-11H2,1-7H3. The molecular weight excluding hydrogens is 256 g/mol. The number of carbonyl (C=O) groups excluding carboxylic acids is 2. The molecule has 4 nitrogen and oxygen atoms in total. The van der Waals surface area contributed by atoms with Crippen molar-refractivity contribution in [3.8, 4) is 0 Å². The maximum absolute atomic E-state index is 11.8. The summed E-state index contributed by atoms with van der Waals surface area (Å²) in [4.78, 5) is 23.3. The monoisotopic (exact) mass is 286 g/mol. The van der Waals surface area contributed by atoms with Gasteiger partial charge in [0.15, 0.2) is 0 Å². The summed E-state index contributed by atoms with van der Waals surface area (Å²) in [6.07, 6.45) is 2.69. The average Bonchev–Trinajstić information content (AvgIpc) is 2.18. The molecule has 0 amide bonds. The van der Waals surface area contributed by atoms with Crippen molar-refractivity contribution < 1.29 is 19.1 Å². The van der Waals surface area contributed by atoms with Gasteiger partial charge in [0.1, 0.15) is 11.2 Å². The summed E-state index contributed by atoms with van der Waals surface area (Å²) in [5.41, 5.74) is -0.872. The molecule has 0 radical (unpaired) electrons. The lowest BCUT2D eigenvalue weighted by molar-refractivity contribution is -0.159. The van der Waals surface area contributed by atoms with Crippen molar-refractivity contribution in [2.75, 3.05) is 0 Å². The lowest BCUT2D eigenvalue weighted by atomic mass is 10.0. The summed E-state index contributed by atoms with van der Waals surface area (Å²) in [5.74, 6) is -0.481. The van der Waals surface area contributed by atoms with Gasteiger partial charge in [0.05, 0.1) is 5.92 Å². The van der Waals surface area contributed by atoms with E-state index in [1.165, 1.54) is 0 Å². The van der Waals surface area contributed by atoms with Crippen LogP contribution in [-0.2, 0) is 19.1 Å². The molecule has 0 aromatic carbocycles. The number of hydrogen-bond donors (Lipinski definition) is 0. The molecule has 0 spiro atoms. The third-order valence-electron chi connectivity index (χ3n) is 2.50. The molecule has 0 aliphatic heterocycles. The Bertz CT molecular complexity index is 320. The van der Waals surface area contributed by atoms with Gasteiger partial charge in [0.2, 0.25) is 0 Å². The van der Waals surface area contributed by atoms with Crippen LogP contribution < -0.4 is 0 Å². The summed E-state index contributed by atoms with van der Waals surface area (Å²) in [7, 11) is 0. The molecule has 20 heavy (non-hydrogen) atoms. The van der Waals surface area contributed by atoms with Gasteiger partial charge < -0.3 is 9.47 Å². The van der Waals surface area contributed by atoms with E-state index in [1.54, 1.807) is 0 Å². The quantitative estimate of drug-likeness (QED) is 0.549. The van der Waals surface area contributed by atoms with Crippen molar-refractivity contribution in [3.63, 3.8) is 0 Å². The molecule has 0 aliphatic rings. The fraction of sp³-hybridized carbons (Fsp3) is 0.875. The molecule has 0 saturated carbocycles. The average molecular weight is 286 g/mol. The minimum atomic E-state index is -0.443. The Hall–Kier alpha value is -1.06. The molecule has 0 aromatic heterocycles. The van der Waals surface area contributed by atoms with Gasteiger partial charge in [-0.1, -0.05) is 13.3 Å². The van der Waals surface area contributed by atoms with E-state index < -0.39 is 11.2 Å². The Balaban J connectivity index is 3.85. The first kappa shape index (κ1) is 18.9. The van der Waals surface area contributed by atoms with Crippen molar-refractivity contribution in [2.24, 2.45) is 5.92 Å². The van der Waals surface area contributed by atoms with Crippen LogP contribution in [0.3, 0.4) is 0 Å². The lowest BCUT2D eigenvalue weighted by Gasteiger charge is -2.22. The van der Waals surface area contributed by atoms with E-state index in [2.05, 4.69) is 0 Å². The number of unbranched alkanes of at least 4 members (excludes halogenated alkanes) is 1.